The third-order valence-electron chi connectivity index (χ3n) is 25.8. The van der Waals surface area contributed by atoms with Gasteiger partial charge in [-0.2, -0.15) is 0 Å². The Balaban J connectivity index is 0.747. The monoisotopic (exact) mass is 1440 g/mol. The first-order chi connectivity index (χ1) is 54.4. The lowest BCUT2D eigenvalue weighted by Gasteiger charge is -2.33. The summed E-state index contributed by atoms with van der Waals surface area (Å²) in [5, 5.41) is 0. The van der Waals surface area contributed by atoms with Gasteiger partial charge in [-0.1, -0.05) is 337 Å². The number of aryl methyl sites for hydroxylation is 2. The molecule has 0 saturated heterocycles. The zero-order valence-corrected chi connectivity index (χ0v) is 65.7. The Labute approximate surface area is 660 Å². The van der Waals surface area contributed by atoms with Gasteiger partial charge in [-0.3, -0.25) is 0 Å². The second-order valence-electron chi connectivity index (χ2n) is 33.3. The van der Waals surface area contributed by atoms with Crippen LogP contribution in [0.2, 0.25) is 0 Å². The molecule has 14 aromatic rings. The van der Waals surface area contributed by atoms with Gasteiger partial charge in [0.05, 0.1) is 0 Å². The molecule has 0 saturated carbocycles. The number of anilines is 6. The van der Waals surface area contributed by atoms with Crippen LogP contribution in [-0.2, 0) is 29.1 Å². The molecule has 0 heterocycles. The Kier molecular flexibility index (Phi) is 19.4. The molecule has 0 amide bonds. The van der Waals surface area contributed by atoms with E-state index in [-0.39, 0.29) is 16.2 Å². The van der Waals surface area contributed by atoms with Gasteiger partial charge in [0.25, 0.3) is 0 Å². The van der Waals surface area contributed by atoms with E-state index in [9.17, 15) is 0 Å². The van der Waals surface area contributed by atoms with Crippen LogP contribution >= 0.6 is 0 Å². The fraction of sp³-hybridized carbons (Fsp3) is 0.229. The smallest absolute Gasteiger partial charge is 0.0468 e. The van der Waals surface area contributed by atoms with E-state index in [1.165, 1.54) is 235 Å². The lowest BCUT2D eigenvalue weighted by Crippen LogP contribution is -2.25. The van der Waals surface area contributed by atoms with Crippen molar-refractivity contribution >= 4 is 34.1 Å². The molecule has 0 bridgehead atoms. The molecule has 0 unspecified atom stereocenters. The van der Waals surface area contributed by atoms with Crippen molar-refractivity contribution in [2.75, 3.05) is 9.80 Å². The third kappa shape index (κ3) is 13.3. The fourth-order valence-electron chi connectivity index (χ4n) is 19.5. The van der Waals surface area contributed by atoms with Crippen molar-refractivity contribution in [3.05, 3.63) is 360 Å². The minimum Gasteiger partial charge on any atom is -0.310 e. The van der Waals surface area contributed by atoms with Gasteiger partial charge in [-0.05, 0) is 267 Å². The van der Waals surface area contributed by atoms with E-state index in [1.54, 1.807) is 5.56 Å². The second kappa shape index (κ2) is 30.2. The van der Waals surface area contributed by atoms with Gasteiger partial charge in [0.2, 0.25) is 0 Å². The van der Waals surface area contributed by atoms with E-state index >= 15 is 0 Å². The lowest BCUT2D eigenvalue weighted by atomic mass is 9.70. The largest absolute Gasteiger partial charge is 0.310 e. The van der Waals surface area contributed by atoms with Crippen LogP contribution < -0.4 is 9.80 Å². The van der Waals surface area contributed by atoms with Gasteiger partial charge in [-0.25, -0.2) is 0 Å². The van der Waals surface area contributed by atoms with Crippen molar-refractivity contribution in [2.45, 2.75) is 161 Å². The number of benzene rings is 14. The molecule has 0 fully saturated rings. The average molecular weight is 1440 g/mol. The molecule has 111 heavy (non-hydrogen) atoms. The van der Waals surface area contributed by atoms with Gasteiger partial charge >= 0.3 is 0 Å². The van der Waals surface area contributed by atoms with Crippen LogP contribution in [0.5, 0.6) is 0 Å². The first-order valence-corrected chi connectivity index (χ1v) is 41.6. The highest BCUT2D eigenvalue weighted by atomic mass is 15.1. The predicted molar refractivity (Wildman–Crippen MR) is 473 cm³/mol. The standard InChI is InChI=1S/C109H102N2/c1-7-9-11-13-15-27-67-109(68-28-16-14-12-10-8-2)105-70-83(76-31-21-18-22-32-76)48-62-98(105)99-63-49-84(71-106(99)109)81-45-58-90(59-46-81)111(89-56-43-79(44-57-89)78-41-54-88(55-42-78)110(91-60-47-80-37-38-82(80)69-91)87-52-39-77(40-53-87)75-29-19-17-20-30-75)92-61-66-93(85-50-64-96-94-33-23-25-35-101(94)107(3,4)103(96)72-85)100(74-92)86-51-65-97-95-34-24-26-36-102(95)108(5,6)104(97)73-86/h17-26,29-36,39-66,69-74H,7-16,27-28,37-38,67-68H2,1-6H3. The lowest BCUT2D eigenvalue weighted by molar-refractivity contribution is 0.398. The zero-order chi connectivity index (χ0) is 75.2. The summed E-state index contributed by atoms with van der Waals surface area (Å²) in [6.07, 6.45) is 20.1. The summed E-state index contributed by atoms with van der Waals surface area (Å²) in [6, 6.07) is 121. The summed E-state index contributed by atoms with van der Waals surface area (Å²) in [5.74, 6) is 0. The Morgan fingerprint density at radius 2 is 0.523 bits per heavy atom. The molecule has 2 heteroatoms. The maximum absolute atomic E-state index is 2.64. The minimum absolute atomic E-state index is 0.0752. The second-order valence-corrected chi connectivity index (χ2v) is 33.3. The molecule has 2 nitrogen and oxygen atoms in total. The van der Waals surface area contributed by atoms with E-state index in [0.717, 1.165) is 41.3 Å². The van der Waals surface area contributed by atoms with E-state index < -0.39 is 0 Å². The Hall–Kier alpha value is -11.3. The normalized spacial score (nSPS) is 14.0. The van der Waals surface area contributed by atoms with Gasteiger partial charge < -0.3 is 9.80 Å². The fourth-order valence-corrected chi connectivity index (χ4v) is 19.5. The number of fused-ring (bicyclic) bond motifs is 10. The predicted octanol–water partition coefficient (Wildman–Crippen LogP) is 31.1. The first-order valence-electron chi connectivity index (χ1n) is 41.6. The number of unbranched alkanes of at least 4 members (excludes halogenated alkanes) is 10. The maximum atomic E-state index is 2.64. The van der Waals surface area contributed by atoms with Crippen molar-refractivity contribution in [1.82, 2.24) is 0 Å². The molecular formula is C109H102N2. The van der Waals surface area contributed by atoms with Crippen LogP contribution in [0.1, 0.15) is 176 Å². The van der Waals surface area contributed by atoms with Crippen molar-refractivity contribution in [3.8, 4) is 100 Å². The molecule has 18 rings (SSSR count). The molecule has 0 atom stereocenters. The zero-order valence-electron chi connectivity index (χ0n) is 65.7. The highest BCUT2D eigenvalue weighted by molar-refractivity contribution is 5.95. The Morgan fingerprint density at radius 1 is 0.216 bits per heavy atom. The van der Waals surface area contributed by atoms with Crippen LogP contribution in [0.25, 0.3) is 100 Å². The molecule has 0 spiro atoms. The van der Waals surface area contributed by atoms with E-state index in [4.69, 9.17) is 0 Å². The number of rotatable bonds is 26. The van der Waals surface area contributed by atoms with Crippen LogP contribution in [0.15, 0.2) is 315 Å². The van der Waals surface area contributed by atoms with Gasteiger partial charge in [-0.15, -0.1) is 0 Å². The molecule has 548 valence electrons. The summed E-state index contributed by atoms with van der Waals surface area (Å²) >= 11 is 0. The number of nitrogens with zero attached hydrogens (tertiary/aromatic N) is 2. The third-order valence-corrected chi connectivity index (χ3v) is 25.8. The average Bonchev–Trinajstić information content (AvgIpc) is 1.57. The van der Waals surface area contributed by atoms with Crippen molar-refractivity contribution in [2.24, 2.45) is 0 Å². The number of hydrogen-bond acceptors (Lipinski definition) is 2. The summed E-state index contributed by atoms with van der Waals surface area (Å²) in [4.78, 5) is 4.92. The number of hydrogen-bond donors (Lipinski definition) is 0. The van der Waals surface area contributed by atoms with Crippen LogP contribution in [0.3, 0.4) is 0 Å². The van der Waals surface area contributed by atoms with E-state index in [2.05, 4.69) is 367 Å². The van der Waals surface area contributed by atoms with Gasteiger partial charge in [0, 0.05) is 50.4 Å². The maximum Gasteiger partial charge on any atom is 0.0468 e. The van der Waals surface area contributed by atoms with E-state index in [0.29, 0.717) is 0 Å². The molecule has 0 aliphatic heterocycles. The molecule has 0 aromatic heterocycles. The first kappa shape index (κ1) is 71.3. The van der Waals surface area contributed by atoms with Gasteiger partial charge in [0.15, 0.2) is 0 Å². The van der Waals surface area contributed by atoms with Crippen molar-refractivity contribution in [3.63, 3.8) is 0 Å². The molecule has 14 aromatic carbocycles. The van der Waals surface area contributed by atoms with Crippen LogP contribution in [0, 0.1) is 0 Å². The Bertz CT molecular complexity index is 5700. The van der Waals surface area contributed by atoms with E-state index in [1.807, 2.05) is 0 Å². The SMILES string of the molecule is CCCCCCCCC1(CCCCCCCC)c2cc(-c3ccccc3)ccc2-c2ccc(-c3ccc(N(c4ccc(-c5ccc(N(c6ccc(-c7ccccc7)cc6)c6ccc7c(c6)CC7)cc5)cc4)c4ccc(-c5ccc6c(c5)C(C)(C)c5ccccc5-6)c(-c5ccc6c(c5)C(C)(C)c5ccccc5-6)c4)cc3)cc21. The summed E-state index contributed by atoms with van der Waals surface area (Å²) in [6.45, 7) is 14.3. The molecular weight excluding hydrogens is 1340 g/mol. The topological polar surface area (TPSA) is 6.48 Å². The summed E-state index contributed by atoms with van der Waals surface area (Å²) < 4.78 is 0. The Morgan fingerprint density at radius 3 is 0.955 bits per heavy atom. The van der Waals surface area contributed by atoms with Crippen molar-refractivity contribution in [1.29, 1.82) is 0 Å². The molecule has 4 aliphatic rings. The molecule has 0 radical (unpaired) electrons. The highest BCUT2D eigenvalue weighted by Crippen LogP contribution is 2.58. The van der Waals surface area contributed by atoms with Crippen molar-refractivity contribution < 1.29 is 0 Å². The summed E-state index contributed by atoms with van der Waals surface area (Å²) in [7, 11) is 0. The minimum atomic E-state index is -0.173. The summed E-state index contributed by atoms with van der Waals surface area (Å²) in [5.41, 5.74) is 40.8. The van der Waals surface area contributed by atoms with Crippen LogP contribution in [-0.4, -0.2) is 0 Å². The molecule has 0 N–H and O–H groups in total. The van der Waals surface area contributed by atoms with Gasteiger partial charge in [0.1, 0.15) is 0 Å². The molecule has 4 aliphatic carbocycles. The highest BCUT2D eigenvalue weighted by Gasteiger charge is 2.43. The van der Waals surface area contributed by atoms with Crippen LogP contribution in [0.4, 0.5) is 34.1 Å². The quantitative estimate of drug-likeness (QED) is 0.0499.